The lowest BCUT2D eigenvalue weighted by Crippen LogP contribution is -2.33. The average Bonchev–Trinajstić information content (AvgIpc) is 2.59. The van der Waals surface area contributed by atoms with Crippen molar-refractivity contribution in [2.75, 3.05) is 27.4 Å². The first-order valence-electron chi connectivity index (χ1n) is 7.68. The van der Waals surface area contributed by atoms with Crippen LogP contribution in [0.4, 0.5) is 0 Å². The van der Waals surface area contributed by atoms with Gasteiger partial charge in [-0.2, -0.15) is 0 Å². The Hall–Kier alpha value is -1.62. The maximum Gasteiger partial charge on any atom is 0.161 e. The third-order valence-electron chi connectivity index (χ3n) is 4.11. The Bertz CT molecular complexity index is 736. The lowest BCUT2D eigenvalue weighted by Gasteiger charge is -2.28. The zero-order valence-corrected chi connectivity index (χ0v) is 15.1. The van der Waals surface area contributed by atoms with Crippen LogP contribution in [0.2, 0.25) is 10.0 Å². The Kier molecular flexibility index (Phi) is 5.39. The van der Waals surface area contributed by atoms with Crippen molar-refractivity contribution in [1.82, 2.24) is 5.32 Å². The minimum atomic E-state index is 0.0558. The largest absolute Gasteiger partial charge is 0.493 e. The summed E-state index contributed by atoms with van der Waals surface area (Å²) in [5, 5.41) is 4.57. The van der Waals surface area contributed by atoms with Crippen LogP contribution in [0.5, 0.6) is 17.2 Å². The van der Waals surface area contributed by atoms with E-state index in [1.807, 2.05) is 12.1 Å². The third-order valence-corrected chi connectivity index (χ3v) is 4.64. The highest BCUT2D eigenvalue weighted by atomic mass is 35.5. The molecule has 0 bridgehead atoms. The number of hydrogen-bond acceptors (Lipinski definition) is 4. The summed E-state index contributed by atoms with van der Waals surface area (Å²) in [7, 11) is 3.29. The number of fused-ring (bicyclic) bond motifs is 1. The van der Waals surface area contributed by atoms with Gasteiger partial charge in [0.05, 0.1) is 25.3 Å². The molecule has 0 saturated carbocycles. The highest BCUT2D eigenvalue weighted by Gasteiger charge is 2.23. The van der Waals surface area contributed by atoms with Gasteiger partial charge in [0, 0.05) is 5.02 Å². The minimum absolute atomic E-state index is 0.0558. The number of hydrogen-bond donors (Lipinski definition) is 1. The van der Waals surface area contributed by atoms with E-state index in [0.29, 0.717) is 22.4 Å². The molecule has 4 nitrogen and oxygen atoms in total. The van der Waals surface area contributed by atoms with E-state index in [-0.39, 0.29) is 6.04 Å². The number of halogens is 2. The van der Waals surface area contributed by atoms with Gasteiger partial charge in [-0.1, -0.05) is 23.2 Å². The van der Waals surface area contributed by atoms with Gasteiger partial charge in [-0.25, -0.2) is 0 Å². The van der Waals surface area contributed by atoms with Gasteiger partial charge in [-0.05, 0) is 54.4 Å². The molecule has 0 radical (unpaired) electrons. The topological polar surface area (TPSA) is 39.7 Å². The van der Waals surface area contributed by atoms with Crippen molar-refractivity contribution in [2.45, 2.75) is 12.5 Å². The first-order valence-corrected chi connectivity index (χ1v) is 8.44. The van der Waals surface area contributed by atoms with E-state index < -0.39 is 0 Å². The molecule has 2 aromatic carbocycles. The average molecular weight is 368 g/mol. The second-order valence-corrected chi connectivity index (χ2v) is 6.39. The maximum atomic E-state index is 6.17. The summed E-state index contributed by atoms with van der Waals surface area (Å²) in [6, 6.07) is 9.33. The summed E-state index contributed by atoms with van der Waals surface area (Å²) in [5.41, 5.74) is 2.39. The van der Waals surface area contributed by atoms with Crippen LogP contribution in [0.3, 0.4) is 0 Å². The fourth-order valence-corrected chi connectivity index (χ4v) is 3.35. The van der Waals surface area contributed by atoms with E-state index >= 15 is 0 Å². The standard InChI is InChI=1S/C18H19Cl2NO3/c1-22-17-7-11-5-6-21-15(13(11)9-18(17)23-2)10-24-16-4-3-12(19)8-14(16)20/h3-4,7-9,15,21H,5-6,10H2,1-2H3. The van der Waals surface area contributed by atoms with Crippen molar-refractivity contribution in [3.8, 4) is 17.2 Å². The number of benzene rings is 2. The van der Waals surface area contributed by atoms with Crippen molar-refractivity contribution >= 4 is 23.2 Å². The van der Waals surface area contributed by atoms with Gasteiger partial charge in [0.25, 0.3) is 0 Å². The summed E-state index contributed by atoms with van der Waals surface area (Å²) < 4.78 is 16.7. The molecule has 0 aliphatic carbocycles. The number of methoxy groups -OCH3 is 2. The number of nitrogens with one attached hydrogen (secondary N) is 1. The molecule has 2 aromatic rings. The normalized spacial score (nSPS) is 16.4. The molecule has 0 spiro atoms. The summed E-state index contributed by atoms with van der Waals surface area (Å²) >= 11 is 12.1. The summed E-state index contributed by atoms with van der Waals surface area (Å²) in [5.74, 6) is 2.09. The zero-order valence-electron chi connectivity index (χ0n) is 13.6. The molecule has 1 atom stereocenters. The van der Waals surface area contributed by atoms with Crippen LogP contribution in [0.1, 0.15) is 17.2 Å². The highest BCUT2D eigenvalue weighted by Crippen LogP contribution is 2.36. The molecule has 0 saturated heterocycles. The molecule has 128 valence electrons. The maximum absolute atomic E-state index is 6.17. The van der Waals surface area contributed by atoms with Gasteiger partial charge in [0.2, 0.25) is 0 Å². The lowest BCUT2D eigenvalue weighted by atomic mass is 9.94. The first kappa shape index (κ1) is 17.2. The first-order chi connectivity index (χ1) is 11.6. The van der Waals surface area contributed by atoms with Gasteiger partial charge in [-0.3, -0.25) is 0 Å². The molecule has 3 rings (SSSR count). The van der Waals surface area contributed by atoms with E-state index in [2.05, 4.69) is 5.32 Å². The van der Waals surface area contributed by atoms with Crippen molar-refractivity contribution in [3.05, 3.63) is 51.5 Å². The van der Waals surface area contributed by atoms with Gasteiger partial charge < -0.3 is 19.5 Å². The van der Waals surface area contributed by atoms with Crippen molar-refractivity contribution in [2.24, 2.45) is 0 Å². The van der Waals surface area contributed by atoms with Crippen LogP contribution in [0.25, 0.3) is 0 Å². The minimum Gasteiger partial charge on any atom is -0.493 e. The summed E-state index contributed by atoms with van der Waals surface area (Å²) in [6.45, 7) is 1.34. The molecule has 1 unspecified atom stereocenters. The fraction of sp³-hybridized carbons (Fsp3) is 0.333. The molecule has 6 heteroatoms. The second-order valence-electron chi connectivity index (χ2n) is 5.55. The van der Waals surface area contributed by atoms with Crippen LogP contribution >= 0.6 is 23.2 Å². The molecule has 0 fully saturated rings. The fourth-order valence-electron chi connectivity index (χ4n) is 2.88. The summed E-state index contributed by atoms with van der Waals surface area (Å²) in [4.78, 5) is 0. The van der Waals surface area contributed by atoms with Crippen LogP contribution < -0.4 is 19.5 Å². The van der Waals surface area contributed by atoms with Crippen LogP contribution in [0, 0.1) is 0 Å². The molecule has 1 heterocycles. The number of rotatable bonds is 5. The monoisotopic (exact) mass is 367 g/mol. The molecular formula is C18H19Cl2NO3. The predicted octanol–water partition coefficient (Wildman–Crippen LogP) is 4.28. The molecular weight excluding hydrogens is 349 g/mol. The third kappa shape index (κ3) is 3.56. The lowest BCUT2D eigenvalue weighted by molar-refractivity contribution is 0.260. The van der Waals surface area contributed by atoms with Crippen LogP contribution in [-0.2, 0) is 6.42 Å². The van der Waals surface area contributed by atoms with Crippen molar-refractivity contribution in [3.63, 3.8) is 0 Å². The Morgan fingerprint density at radius 3 is 2.50 bits per heavy atom. The summed E-state index contributed by atoms with van der Waals surface area (Å²) in [6.07, 6.45) is 0.938. The Morgan fingerprint density at radius 2 is 1.79 bits per heavy atom. The quantitative estimate of drug-likeness (QED) is 0.855. The molecule has 1 aliphatic rings. The van der Waals surface area contributed by atoms with Gasteiger partial charge in [0.15, 0.2) is 11.5 Å². The SMILES string of the molecule is COc1cc2c(cc1OC)C(COc1ccc(Cl)cc1Cl)NCC2. The van der Waals surface area contributed by atoms with E-state index in [1.165, 1.54) is 5.56 Å². The van der Waals surface area contributed by atoms with Crippen LogP contribution in [-0.4, -0.2) is 27.4 Å². The van der Waals surface area contributed by atoms with Gasteiger partial charge in [0.1, 0.15) is 12.4 Å². The van der Waals surface area contributed by atoms with Crippen molar-refractivity contribution in [1.29, 1.82) is 0 Å². The van der Waals surface area contributed by atoms with Gasteiger partial charge >= 0.3 is 0 Å². The predicted molar refractivity (Wildman–Crippen MR) is 96.0 cm³/mol. The van der Waals surface area contributed by atoms with Crippen molar-refractivity contribution < 1.29 is 14.2 Å². The van der Waals surface area contributed by atoms with E-state index in [0.717, 1.165) is 30.0 Å². The Balaban J connectivity index is 1.81. The van der Waals surface area contributed by atoms with Gasteiger partial charge in [-0.15, -0.1) is 0 Å². The Morgan fingerprint density at radius 1 is 1.04 bits per heavy atom. The van der Waals surface area contributed by atoms with E-state index in [1.54, 1.807) is 32.4 Å². The second kappa shape index (κ2) is 7.51. The van der Waals surface area contributed by atoms with E-state index in [9.17, 15) is 0 Å². The highest BCUT2D eigenvalue weighted by molar-refractivity contribution is 6.35. The van der Waals surface area contributed by atoms with Crippen LogP contribution in [0.15, 0.2) is 30.3 Å². The molecule has 0 aromatic heterocycles. The number of ether oxygens (including phenoxy) is 3. The smallest absolute Gasteiger partial charge is 0.161 e. The van der Waals surface area contributed by atoms with E-state index in [4.69, 9.17) is 37.4 Å². The molecule has 0 amide bonds. The molecule has 24 heavy (non-hydrogen) atoms. The Labute approximate surface area is 151 Å². The molecule has 1 N–H and O–H groups in total. The zero-order chi connectivity index (χ0) is 17.1. The molecule has 1 aliphatic heterocycles.